The van der Waals surface area contributed by atoms with Crippen molar-refractivity contribution in [2.45, 2.75) is 184 Å². The molecule has 1 unspecified atom stereocenters. The zero-order valence-corrected chi connectivity index (χ0v) is 75.0. The first-order chi connectivity index (χ1) is 54.7. The van der Waals surface area contributed by atoms with Gasteiger partial charge in [0.1, 0.15) is 5.75 Å². The van der Waals surface area contributed by atoms with Crippen LogP contribution in [0.4, 0.5) is 21.5 Å². The summed E-state index contributed by atoms with van der Waals surface area (Å²) in [7, 11) is 4.11. The molecule has 8 heteroatoms. The van der Waals surface area contributed by atoms with Gasteiger partial charge in [-0.2, -0.15) is 4.39 Å². The number of hydrogen-bond acceptors (Lipinski definition) is 7. The van der Waals surface area contributed by atoms with Crippen LogP contribution in [0.5, 0.6) is 17.2 Å². The number of fused-ring (bicyclic) bond motifs is 1. The first-order valence-corrected chi connectivity index (χ1v) is 42.4. The predicted molar refractivity (Wildman–Crippen MR) is 507 cm³/mol. The number of piperidine rings is 1. The van der Waals surface area contributed by atoms with Gasteiger partial charge in [-0.05, 0) is 206 Å². The van der Waals surface area contributed by atoms with Crippen LogP contribution in [0.3, 0.4) is 0 Å². The fourth-order valence-electron chi connectivity index (χ4n) is 11.0. The van der Waals surface area contributed by atoms with Crippen molar-refractivity contribution in [2.75, 3.05) is 68.2 Å². The third-order valence-electron chi connectivity index (χ3n) is 17.7. The Labute approximate surface area is 699 Å². The molecule has 2 fully saturated rings. The Morgan fingerprint density at radius 1 is 0.330 bits per heavy atom. The minimum Gasteiger partial charge on any atom is -0.491 e. The van der Waals surface area contributed by atoms with Gasteiger partial charge in [0, 0.05) is 64.3 Å². The van der Waals surface area contributed by atoms with Gasteiger partial charge in [0.05, 0.1) is 19.3 Å². The van der Waals surface area contributed by atoms with E-state index in [2.05, 4.69) is 409 Å². The first kappa shape index (κ1) is 97.7. The van der Waals surface area contributed by atoms with Gasteiger partial charge in [0.25, 0.3) is 0 Å². The molecule has 8 aromatic carbocycles. The molecule has 8 aromatic rings. The monoisotopic (exact) mass is 1560 g/mol. The van der Waals surface area contributed by atoms with Crippen molar-refractivity contribution in [2.24, 2.45) is 47.3 Å². The lowest BCUT2D eigenvalue weighted by atomic mass is 10.1. The van der Waals surface area contributed by atoms with Crippen molar-refractivity contribution in [1.29, 1.82) is 0 Å². The van der Waals surface area contributed by atoms with Gasteiger partial charge in [0.15, 0.2) is 11.5 Å². The second kappa shape index (κ2) is 54.3. The molecule has 1 atom stereocenters. The van der Waals surface area contributed by atoms with Crippen LogP contribution in [-0.2, 0) is 4.74 Å². The fourth-order valence-corrected chi connectivity index (χ4v) is 11.0. The number of anilines is 3. The predicted octanol–water partition coefficient (Wildman–Crippen LogP) is 29.9. The summed E-state index contributed by atoms with van der Waals surface area (Å²) in [5.74, 6) is 6.65. The molecule has 0 radical (unpaired) electrons. The number of morpholine rings is 1. The molecule has 0 spiro atoms. The molecular weight excluding hydrogens is 1410 g/mol. The molecule has 0 aromatic heterocycles. The van der Waals surface area contributed by atoms with Gasteiger partial charge in [-0.25, -0.2) is 0 Å². The van der Waals surface area contributed by atoms with Gasteiger partial charge in [-0.3, -0.25) is 0 Å². The zero-order chi connectivity index (χ0) is 84.7. The molecule has 0 aliphatic carbocycles. The Balaban J connectivity index is 0.000000278. The highest BCUT2D eigenvalue weighted by Gasteiger charge is 2.36. The van der Waals surface area contributed by atoms with Crippen molar-refractivity contribution in [3.8, 4) is 17.2 Å². The van der Waals surface area contributed by atoms with Crippen LogP contribution in [0, 0.1) is 68.1 Å². The van der Waals surface area contributed by atoms with Crippen molar-refractivity contribution in [3.63, 3.8) is 0 Å². The first-order valence-electron chi connectivity index (χ1n) is 42.4. The van der Waals surface area contributed by atoms with E-state index < -0.39 is 6.04 Å². The van der Waals surface area contributed by atoms with Crippen molar-refractivity contribution in [1.82, 2.24) is 0 Å². The van der Waals surface area contributed by atoms with E-state index in [0.29, 0.717) is 58.8 Å². The van der Waals surface area contributed by atoms with Crippen LogP contribution in [0.15, 0.2) is 237 Å². The quantitative estimate of drug-likeness (QED) is 0.0710. The maximum Gasteiger partial charge on any atom is 0.404 e. The number of nitrogens with zero attached hydrogens (tertiary/aromatic N) is 3. The van der Waals surface area contributed by atoms with E-state index in [-0.39, 0.29) is 6.10 Å². The third-order valence-corrected chi connectivity index (χ3v) is 17.7. The normalized spacial score (nSPS) is 14.7. The highest BCUT2D eigenvalue weighted by atomic mass is 19.2. The number of allylic oxidation sites excluding steroid dienone is 8. The second-order valence-corrected chi connectivity index (χ2v) is 33.4. The number of ether oxygens (including phenoxy) is 4. The highest BCUT2D eigenvalue weighted by molar-refractivity contribution is 5.61. The van der Waals surface area contributed by atoms with Gasteiger partial charge >= 0.3 is 6.04 Å². The van der Waals surface area contributed by atoms with Crippen molar-refractivity contribution >= 4 is 65.7 Å². The maximum absolute atomic E-state index is 13.4. The smallest absolute Gasteiger partial charge is 0.404 e. The van der Waals surface area contributed by atoms with Gasteiger partial charge in [-0.15, -0.1) is 0 Å². The maximum atomic E-state index is 13.4. The average molecular weight is 1560 g/mol. The van der Waals surface area contributed by atoms with E-state index in [1.807, 2.05) is 38.1 Å². The molecule has 11 rings (SSSR count). The number of alkyl halides is 1. The average Bonchev–Trinajstić information content (AvgIpc) is 1.65. The molecule has 3 heterocycles. The highest BCUT2D eigenvalue weighted by Crippen LogP contribution is 2.40. The topological polar surface area (TPSA) is 46.6 Å². The molecule has 0 saturated carbocycles. The van der Waals surface area contributed by atoms with E-state index in [1.165, 1.54) is 112 Å². The Morgan fingerprint density at radius 2 is 0.591 bits per heavy atom. The summed E-state index contributed by atoms with van der Waals surface area (Å²) in [4.78, 5) is 6.98. The standard InChI is InChI=1S/C16H23N.C15H21NO.C14H20O.C13H15FO2.C13H19N.3C12H16/c1-14(2)6-7-15-8-10-16(11-9-15)17-12-4-3-5-13-17;1-13(2)3-4-14-5-7-15(8-6-14)16-9-11-17-12-10-16;1-11(2)5-6-13-7-9-14(10-8-13)15-12(3)4;1-9(2)4-5-10-6-7-11-12(8-10)16-13(3,14)15-11;1-11(2)5-6-12-7-9-13(10-8-12)14(3)4;3*1-10(2)4-7-12-8-5-11(3)6-9-12/h6-11,14H,3-5,12-13H2,1-2H3;3-8,13H,9-12H2,1-2H3;5-12H,1-4H3;4-9H,1-3H3;5-11H,1-4H3;3*4-10H,1-3H3/b7-6+;4-3+;6-5+;5-4+;6-5+;3*7-4+. The van der Waals surface area contributed by atoms with E-state index in [4.69, 9.17) is 18.9 Å². The van der Waals surface area contributed by atoms with E-state index in [0.717, 1.165) is 37.6 Å². The Hall–Kier alpha value is -9.63. The summed E-state index contributed by atoms with van der Waals surface area (Å²) >= 11 is 0. The third kappa shape index (κ3) is 45.3. The molecule has 620 valence electrons. The van der Waals surface area contributed by atoms with Crippen LogP contribution in [-0.4, -0.2) is 65.6 Å². The summed E-state index contributed by atoms with van der Waals surface area (Å²) in [6.07, 6.45) is 39.1. The number of hydrogen-bond donors (Lipinski definition) is 0. The molecule has 0 N–H and O–H groups in total. The molecule has 3 aliphatic rings. The van der Waals surface area contributed by atoms with Crippen LogP contribution in [0.1, 0.15) is 212 Å². The second-order valence-electron chi connectivity index (χ2n) is 33.4. The minimum atomic E-state index is -2.04. The lowest BCUT2D eigenvalue weighted by Gasteiger charge is -2.28. The Bertz CT molecular complexity index is 3920. The summed E-state index contributed by atoms with van der Waals surface area (Å²) in [6, 6.07) is 63.5. The molecule has 3 aliphatic heterocycles. The van der Waals surface area contributed by atoms with Crippen molar-refractivity contribution in [3.05, 3.63) is 298 Å². The summed E-state index contributed by atoms with van der Waals surface area (Å²) in [6.45, 7) is 52.6. The summed E-state index contributed by atoms with van der Waals surface area (Å²) in [5.41, 5.74) is 17.8. The van der Waals surface area contributed by atoms with Crippen LogP contribution in [0.25, 0.3) is 48.6 Å². The number of rotatable bonds is 21. The van der Waals surface area contributed by atoms with Crippen LogP contribution >= 0.6 is 0 Å². The number of aryl methyl sites for hydroxylation is 3. The van der Waals surface area contributed by atoms with Gasteiger partial charge in [-0.1, -0.05) is 352 Å². The van der Waals surface area contributed by atoms with Gasteiger partial charge in [0.2, 0.25) is 0 Å². The zero-order valence-electron chi connectivity index (χ0n) is 75.0. The molecule has 115 heavy (non-hydrogen) atoms. The van der Waals surface area contributed by atoms with Gasteiger partial charge < -0.3 is 33.6 Å². The largest absolute Gasteiger partial charge is 0.491 e. The van der Waals surface area contributed by atoms with Crippen LogP contribution in [0.2, 0.25) is 0 Å². The Kier molecular flexibility index (Phi) is 46.1. The molecule has 2 saturated heterocycles. The fraction of sp³-hybridized carbons (Fsp3) is 0.402. The molecule has 0 amide bonds. The summed E-state index contributed by atoms with van der Waals surface area (Å²) in [5, 5.41) is 0. The molecular formula is C107H146FN3O4. The lowest BCUT2D eigenvalue weighted by Crippen LogP contribution is -2.36. The van der Waals surface area contributed by atoms with E-state index >= 15 is 0 Å². The number of halogens is 1. The SMILES string of the molecule is CC(C)/C=C/c1ccc(N(C)C)cc1.CC(C)/C=C/c1ccc(N2CCCCC2)cc1.CC(C)/C=C/c1ccc(N2CCOCC2)cc1.CC(C)/C=C/c1ccc(OC(C)C)cc1.CC(C)/C=C/c1ccc2c(c1)OC(C)(F)O2.Cc1ccc(/C=C/C(C)C)cc1.Cc1ccc(/C=C/C(C)C)cc1.Cc1ccc(/C=C/C(C)C)cc1. The lowest BCUT2D eigenvalue weighted by molar-refractivity contribution is -0.173. The number of benzene rings is 8. The van der Waals surface area contributed by atoms with Crippen molar-refractivity contribution < 1.29 is 23.3 Å². The summed E-state index contributed by atoms with van der Waals surface area (Å²) < 4.78 is 34.3. The van der Waals surface area contributed by atoms with E-state index in [1.54, 1.807) is 12.1 Å². The molecule has 7 nitrogen and oxygen atoms in total. The Morgan fingerprint density at radius 3 is 0.887 bits per heavy atom. The van der Waals surface area contributed by atoms with E-state index in [9.17, 15) is 4.39 Å². The van der Waals surface area contributed by atoms with Crippen LogP contribution < -0.4 is 28.9 Å². The minimum absolute atomic E-state index is 0.238. The molecule has 0 bridgehead atoms.